The quantitative estimate of drug-likeness (QED) is 0.602. The van der Waals surface area contributed by atoms with E-state index in [2.05, 4.69) is 0 Å². The van der Waals surface area contributed by atoms with E-state index < -0.39 is 21.2 Å². The highest BCUT2D eigenvalue weighted by molar-refractivity contribution is 7.89. The monoisotopic (exact) mass is 368 g/mol. The molecule has 0 N–H and O–H groups in total. The van der Waals surface area contributed by atoms with Crippen molar-refractivity contribution in [2.75, 3.05) is 13.1 Å². The molecule has 1 aromatic rings. The first kappa shape index (κ1) is 18.1. The maximum atomic E-state index is 13.1. The van der Waals surface area contributed by atoms with Crippen LogP contribution in [0.15, 0.2) is 29.2 Å². The summed E-state index contributed by atoms with van der Waals surface area (Å²) in [7, 11) is -3.69. The summed E-state index contributed by atoms with van der Waals surface area (Å²) in [4.78, 5) is 15.9. The Morgan fingerprint density at radius 2 is 1.84 bits per heavy atom. The van der Waals surface area contributed by atoms with Gasteiger partial charge in [-0.05, 0) is 43.7 Å². The predicted octanol–water partition coefficient (Wildman–Crippen LogP) is 2.92. The molecular formula is C17H24N2O5S. The summed E-state index contributed by atoms with van der Waals surface area (Å²) in [6.45, 7) is 2.34. The molecule has 0 aromatic heterocycles. The van der Waals surface area contributed by atoms with E-state index in [0.717, 1.165) is 37.7 Å². The molecule has 3 rings (SSSR count). The van der Waals surface area contributed by atoms with Crippen LogP contribution in [0.25, 0.3) is 0 Å². The minimum atomic E-state index is -3.69. The van der Waals surface area contributed by atoms with Gasteiger partial charge in [0.2, 0.25) is 10.0 Å². The van der Waals surface area contributed by atoms with Gasteiger partial charge in [0.1, 0.15) is 6.10 Å². The minimum Gasteiger partial charge on any atom is -0.309 e. The first-order valence-corrected chi connectivity index (χ1v) is 10.1. The minimum absolute atomic E-state index is 0.0267. The summed E-state index contributed by atoms with van der Waals surface area (Å²) in [5, 5.41) is 10.0. The molecule has 8 heteroatoms. The Labute approximate surface area is 148 Å². The van der Waals surface area contributed by atoms with Crippen LogP contribution in [0, 0.1) is 22.5 Å². The Morgan fingerprint density at radius 3 is 2.44 bits per heavy atom. The summed E-state index contributed by atoms with van der Waals surface area (Å²) in [6.07, 6.45) is 4.82. The van der Waals surface area contributed by atoms with Gasteiger partial charge in [-0.3, -0.25) is 0 Å². The zero-order chi connectivity index (χ0) is 18.1. The Morgan fingerprint density at radius 1 is 1.20 bits per heavy atom. The number of hydrogen-bond acceptors (Lipinski definition) is 5. The lowest BCUT2D eigenvalue weighted by atomic mass is 9.69. The highest BCUT2D eigenvalue weighted by Crippen LogP contribution is 2.45. The van der Waals surface area contributed by atoms with Gasteiger partial charge in [-0.2, -0.15) is 4.31 Å². The maximum Gasteiger partial charge on any atom is 0.294 e. The van der Waals surface area contributed by atoms with Crippen molar-refractivity contribution in [1.82, 2.24) is 4.31 Å². The van der Waals surface area contributed by atoms with Crippen molar-refractivity contribution in [3.63, 3.8) is 0 Å². The molecule has 1 saturated heterocycles. The highest BCUT2D eigenvalue weighted by Gasteiger charge is 2.45. The van der Waals surface area contributed by atoms with Crippen molar-refractivity contribution in [2.24, 2.45) is 5.41 Å². The third-order valence-corrected chi connectivity index (χ3v) is 7.21. The molecule has 1 aliphatic heterocycles. The molecule has 1 unspecified atom stereocenters. The van der Waals surface area contributed by atoms with Crippen LogP contribution in [0.1, 0.15) is 44.1 Å². The van der Waals surface area contributed by atoms with E-state index in [1.54, 1.807) is 24.3 Å². The van der Waals surface area contributed by atoms with E-state index in [0.29, 0.717) is 13.0 Å². The van der Waals surface area contributed by atoms with E-state index in [9.17, 15) is 18.5 Å². The van der Waals surface area contributed by atoms with Gasteiger partial charge < -0.3 is 4.84 Å². The number of rotatable bonds is 4. The van der Waals surface area contributed by atoms with Crippen molar-refractivity contribution in [3.8, 4) is 0 Å². The molecule has 1 saturated carbocycles. The average Bonchev–Trinajstić information content (AvgIpc) is 2.55. The number of nitrogens with zero attached hydrogens (tertiary/aromatic N) is 2. The van der Waals surface area contributed by atoms with Gasteiger partial charge in [0.15, 0.2) is 0 Å². The zero-order valence-corrected chi connectivity index (χ0v) is 15.2. The normalized spacial score (nSPS) is 24.1. The second kappa shape index (κ2) is 6.92. The molecule has 1 atom stereocenters. The topological polar surface area (TPSA) is 89.8 Å². The summed E-state index contributed by atoms with van der Waals surface area (Å²) in [5.41, 5.74) is 0.769. The molecule has 1 spiro atoms. The van der Waals surface area contributed by atoms with Gasteiger partial charge in [0.05, 0.1) is 4.90 Å². The molecule has 25 heavy (non-hydrogen) atoms. The lowest BCUT2D eigenvalue weighted by Crippen LogP contribution is -2.53. The Hall–Kier alpha value is -1.67. The molecule has 1 heterocycles. The summed E-state index contributed by atoms with van der Waals surface area (Å²) in [5.74, 6) is 0. The van der Waals surface area contributed by atoms with E-state index in [1.807, 2.05) is 6.92 Å². The molecule has 0 radical (unpaired) electrons. The fraction of sp³-hybridized carbons (Fsp3) is 0.647. The third-order valence-electron chi connectivity index (χ3n) is 5.39. The lowest BCUT2D eigenvalue weighted by Gasteiger charge is -2.46. The SMILES string of the molecule is Cc1ccc(S(=O)(=O)N2CC(O[N+](=O)[O-])CC3(CCCCC3)C2)cc1. The first-order valence-electron chi connectivity index (χ1n) is 8.69. The van der Waals surface area contributed by atoms with E-state index in [1.165, 1.54) is 4.31 Å². The number of benzene rings is 1. The van der Waals surface area contributed by atoms with Crippen molar-refractivity contribution in [1.29, 1.82) is 0 Å². The molecule has 1 aromatic carbocycles. The maximum absolute atomic E-state index is 13.1. The largest absolute Gasteiger partial charge is 0.309 e. The molecular weight excluding hydrogens is 344 g/mol. The number of piperidine rings is 1. The Kier molecular flexibility index (Phi) is 5.02. The van der Waals surface area contributed by atoms with Crippen molar-refractivity contribution in [2.45, 2.75) is 56.4 Å². The molecule has 0 bridgehead atoms. The van der Waals surface area contributed by atoms with Crippen LogP contribution in [0.4, 0.5) is 0 Å². The van der Waals surface area contributed by atoms with Gasteiger partial charge in [-0.15, -0.1) is 10.1 Å². The third kappa shape index (κ3) is 3.95. The van der Waals surface area contributed by atoms with Crippen LogP contribution >= 0.6 is 0 Å². The zero-order valence-electron chi connectivity index (χ0n) is 14.4. The van der Waals surface area contributed by atoms with Crippen LogP contribution in [-0.4, -0.2) is 37.0 Å². The van der Waals surface area contributed by atoms with Crippen LogP contribution in [0.3, 0.4) is 0 Å². The van der Waals surface area contributed by atoms with Crippen LogP contribution < -0.4 is 0 Å². The second-order valence-electron chi connectivity index (χ2n) is 7.33. The molecule has 138 valence electrons. The van der Waals surface area contributed by atoms with E-state index in [4.69, 9.17) is 4.84 Å². The molecule has 1 aliphatic carbocycles. The lowest BCUT2D eigenvalue weighted by molar-refractivity contribution is -0.769. The molecule has 7 nitrogen and oxygen atoms in total. The van der Waals surface area contributed by atoms with E-state index >= 15 is 0 Å². The Balaban J connectivity index is 1.89. The fourth-order valence-electron chi connectivity index (χ4n) is 4.18. The molecule has 2 fully saturated rings. The average molecular weight is 368 g/mol. The van der Waals surface area contributed by atoms with Crippen LogP contribution in [0.2, 0.25) is 0 Å². The van der Waals surface area contributed by atoms with Gasteiger partial charge in [0.25, 0.3) is 5.09 Å². The van der Waals surface area contributed by atoms with Gasteiger partial charge in [0, 0.05) is 13.1 Å². The van der Waals surface area contributed by atoms with Gasteiger partial charge >= 0.3 is 0 Å². The van der Waals surface area contributed by atoms with Crippen LogP contribution in [0.5, 0.6) is 0 Å². The van der Waals surface area contributed by atoms with Crippen LogP contribution in [-0.2, 0) is 14.9 Å². The summed E-state index contributed by atoms with van der Waals surface area (Å²) >= 11 is 0. The van der Waals surface area contributed by atoms with E-state index in [-0.39, 0.29) is 16.9 Å². The van der Waals surface area contributed by atoms with Crippen molar-refractivity contribution >= 4 is 10.0 Å². The standard InChI is InChI=1S/C17H24N2O5S/c1-14-5-7-16(8-6-14)25(22,23)18-12-15(24-19(20)21)11-17(13-18)9-3-2-4-10-17/h5-8,15H,2-4,9-13H2,1H3. The number of hydrogen-bond donors (Lipinski definition) is 0. The highest BCUT2D eigenvalue weighted by atomic mass is 32.2. The molecule has 2 aliphatic rings. The van der Waals surface area contributed by atoms with Gasteiger partial charge in [-0.1, -0.05) is 37.0 Å². The number of aryl methyl sites for hydroxylation is 1. The van der Waals surface area contributed by atoms with Gasteiger partial charge in [-0.25, -0.2) is 8.42 Å². The predicted molar refractivity (Wildman–Crippen MR) is 91.9 cm³/mol. The van der Waals surface area contributed by atoms with Crippen molar-refractivity contribution in [3.05, 3.63) is 39.9 Å². The number of sulfonamides is 1. The second-order valence-corrected chi connectivity index (χ2v) is 9.26. The fourth-order valence-corrected chi connectivity index (χ4v) is 5.76. The summed E-state index contributed by atoms with van der Waals surface area (Å²) in [6, 6.07) is 6.71. The summed E-state index contributed by atoms with van der Waals surface area (Å²) < 4.78 is 27.5. The van der Waals surface area contributed by atoms with Crippen molar-refractivity contribution < 1.29 is 18.3 Å². The Bertz CT molecular complexity index is 726. The smallest absolute Gasteiger partial charge is 0.294 e. The first-order chi connectivity index (χ1) is 11.8. The molecule has 0 amide bonds.